The summed E-state index contributed by atoms with van der Waals surface area (Å²) in [4.78, 5) is 15.7. The number of aliphatic hydroxyl groups is 1. The summed E-state index contributed by atoms with van der Waals surface area (Å²) >= 11 is 0. The minimum absolute atomic E-state index is 0.157. The van der Waals surface area contributed by atoms with E-state index in [4.69, 9.17) is 5.11 Å². The van der Waals surface area contributed by atoms with Gasteiger partial charge in [-0.1, -0.05) is 0 Å². The van der Waals surface area contributed by atoms with Gasteiger partial charge in [0.1, 0.15) is 5.52 Å². The number of hydrogen-bond donors (Lipinski definition) is 4. The lowest BCUT2D eigenvalue weighted by molar-refractivity contribution is 0.292. The molecule has 0 aliphatic heterocycles. The SMILES string of the molecule is CCNc1nc(NCCCO)c2[nH]cnc2n1. The molecule has 0 saturated heterocycles. The second-order valence-corrected chi connectivity index (χ2v) is 3.53. The molecule has 0 saturated carbocycles. The number of aromatic amines is 1. The second kappa shape index (κ2) is 5.44. The van der Waals surface area contributed by atoms with Crippen molar-refractivity contribution in [1.82, 2.24) is 19.9 Å². The number of aliphatic hydroxyl groups excluding tert-OH is 1. The molecule has 0 aliphatic rings. The van der Waals surface area contributed by atoms with E-state index in [1.807, 2.05) is 6.92 Å². The summed E-state index contributed by atoms with van der Waals surface area (Å²) in [7, 11) is 0. The molecule has 2 heterocycles. The van der Waals surface area contributed by atoms with Crippen molar-refractivity contribution >= 4 is 22.9 Å². The quantitative estimate of drug-likeness (QED) is 0.548. The maximum atomic E-state index is 8.75. The first-order valence-electron chi connectivity index (χ1n) is 5.65. The maximum absolute atomic E-state index is 8.75. The summed E-state index contributed by atoms with van der Waals surface area (Å²) < 4.78 is 0. The maximum Gasteiger partial charge on any atom is 0.226 e. The van der Waals surface area contributed by atoms with Crippen molar-refractivity contribution < 1.29 is 5.11 Å². The zero-order valence-electron chi connectivity index (χ0n) is 9.69. The van der Waals surface area contributed by atoms with Gasteiger partial charge >= 0.3 is 0 Å². The van der Waals surface area contributed by atoms with Gasteiger partial charge in [-0.2, -0.15) is 9.97 Å². The Kier molecular flexibility index (Phi) is 3.71. The van der Waals surface area contributed by atoms with Crippen molar-refractivity contribution in [3.05, 3.63) is 6.33 Å². The van der Waals surface area contributed by atoms with Crippen LogP contribution in [-0.4, -0.2) is 44.7 Å². The molecule has 0 radical (unpaired) electrons. The predicted molar refractivity (Wildman–Crippen MR) is 66.0 cm³/mol. The molecular weight excluding hydrogens is 220 g/mol. The molecule has 7 nitrogen and oxygen atoms in total. The van der Waals surface area contributed by atoms with Crippen LogP contribution >= 0.6 is 0 Å². The molecule has 2 aromatic rings. The van der Waals surface area contributed by atoms with Crippen molar-refractivity contribution in [2.75, 3.05) is 30.3 Å². The lowest BCUT2D eigenvalue weighted by Gasteiger charge is -2.07. The summed E-state index contributed by atoms with van der Waals surface area (Å²) in [6.07, 6.45) is 2.27. The highest BCUT2D eigenvalue weighted by atomic mass is 16.3. The van der Waals surface area contributed by atoms with Crippen molar-refractivity contribution in [3.8, 4) is 0 Å². The van der Waals surface area contributed by atoms with Gasteiger partial charge in [-0.25, -0.2) is 4.98 Å². The standard InChI is InChI=1S/C10H16N6O/c1-2-11-10-15-8(12-4-3-5-17)7-9(16-10)14-6-13-7/h6,17H,2-5H2,1H3,(H3,11,12,13,14,15,16). The minimum Gasteiger partial charge on any atom is -0.396 e. The number of nitrogens with zero attached hydrogens (tertiary/aromatic N) is 3. The van der Waals surface area contributed by atoms with Crippen LogP contribution in [0.25, 0.3) is 11.2 Å². The van der Waals surface area contributed by atoms with Crippen molar-refractivity contribution in [3.63, 3.8) is 0 Å². The summed E-state index contributed by atoms with van der Waals surface area (Å²) in [6, 6.07) is 0. The second-order valence-electron chi connectivity index (χ2n) is 3.53. The van der Waals surface area contributed by atoms with E-state index in [1.54, 1.807) is 6.33 Å². The molecular formula is C10H16N6O. The van der Waals surface area contributed by atoms with Crippen LogP contribution in [0.5, 0.6) is 0 Å². The normalized spacial score (nSPS) is 10.7. The Morgan fingerprint density at radius 2 is 2.24 bits per heavy atom. The zero-order chi connectivity index (χ0) is 12.1. The molecule has 2 rings (SSSR count). The lowest BCUT2D eigenvalue weighted by atomic mass is 10.4. The van der Waals surface area contributed by atoms with Gasteiger partial charge in [-0.05, 0) is 13.3 Å². The number of anilines is 2. The van der Waals surface area contributed by atoms with Crippen molar-refractivity contribution in [2.24, 2.45) is 0 Å². The Hall–Kier alpha value is -1.89. The van der Waals surface area contributed by atoms with Crippen LogP contribution in [0.15, 0.2) is 6.33 Å². The van der Waals surface area contributed by atoms with E-state index in [2.05, 4.69) is 30.6 Å². The van der Waals surface area contributed by atoms with E-state index in [0.717, 1.165) is 12.1 Å². The third-order valence-electron chi connectivity index (χ3n) is 2.25. The van der Waals surface area contributed by atoms with Crippen LogP contribution < -0.4 is 10.6 Å². The molecule has 92 valence electrons. The number of H-pyrrole nitrogens is 1. The van der Waals surface area contributed by atoms with Gasteiger partial charge in [0, 0.05) is 19.7 Å². The van der Waals surface area contributed by atoms with E-state index in [-0.39, 0.29) is 6.61 Å². The predicted octanol–water partition coefficient (Wildman–Crippen LogP) is 0.579. The highest BCUT2D eigenvalue weighted by molar-refractivity contribution is 5.83. The van der Waals surface area contributed by atoms with Crippen molar-refractivity contribution in [1.29, 1.82) is 0 Å². The smallest absolute Gasteiger partial charge is 0.226 e. The van der Waals surface area contributed by atoms with Gasteiger partial charge in [0.2, 0.25) is 5.95 Å². The fourth-order valence-electron chi connectivity index (χ4n) is 1.48. The highest BCUT2D eigenvalue weighted by Gasteiger charge is 2.08. The lowest BCUT2D eigenvalue weighted by Crippen LogP contribution is -2.09. The van der Waals surface area contributed by atoms with Crippen LogP contribution in [0.2, 0.25) is 0 Å². The summed E-state index contributed by atoms with van der Waals surface area (Å²) in [6.45, 7) is 3.56. The summed E-state index contributed by atoms with van der Waals surface area (Å²) in [5.41, 5.74) is 1.41. The molecule has 0 aliphatic carbocycles. The first kappa shape index (κ1) is 11.6. The van der Waals surface area contributed by atoms with Crippen LogP contribution in [-0.2, 0) is 0 Å². The fraction of sp³-hybridized carbons (Fsp3) is 0.500. The third kappa shape index (κ3) is 2.62. The van der Waals surface area contributed by atoms with Gasteiger partial charge < -0.3 is 20.7 Å². The number of fused-ring (bicyclic) bond motifs is 1. The van der Waals surface area contributed by atoms with Gasteiger partial charge in [-0.3, -0.25) is 0 Å². The average Bonchev–Trinajstić information content (AvgIpc) is 2.78. The Bertz CT molecular complexity index is 483. The molecule has 0 bridgehead atoms. The Balaban J connectivity index is 2.26. The molecule has 0 atom stereocenters. The molecule has 0 amide bonds. The molecule has 0 unspecified atom stereocenters. The van der Waals surface area contributed by atoms with E-state index >= 15 is 0 Å². The first-order chi connectivity index (χ1) is 8.35. The van der Waals surface area contributed by atoms with Gasteiger partial charge in [0.05, 0.1) is 6.33 Å². The van der Waals surface area contributed by atoms with E-state index in [9.17, 15) is 0 Å². The zero-order valence-corrected chi connectivity index (χ0v) is 9.69. The van der Waals surface area contributed by atoms with Gasteiger partial charge in [-0.15, -0.1) is 0 Å². The number of nitrogens with one attached hydrogen (secondary N) is 3. The van der Waals surface area contributed by atoms with Crippen LogP contribution in [0.3, 0.4) is 0 Å². The van der Waals surface area contributed by atoms with Crippen LogP contribution in [0, 0.1) is 0 Å². The number of aromatic nitrogens is 4. The first-order valence-corrected chi connectivity index (χ1v) is 5.65. The van der Waals surface area contributed by atoms with Gasteiger partial charge in [0.15, 0.2) is 11.5 Å². The molecule has 0 aromatic carbocycles. The molecule has 2 aromatic heterocycles. The number of imidazole rings is 1. The Morgan fingerprint density at radius 3 is 3.00 bits per heavy atom. The molecule has 0 fully saturated rings. The largest absolute Gasteiger partial charge is 0.396 e. The van der Waals surface area contributed by atoms with E-state index in [0.29, 0.717) is 30.4 Å². The van der Waals surface area contributed by atoms with E-state index in [1.165, 1.54) is 0 Å². The topological polar surface area (TPSA) is 98.8 Å². The monoisotopic (exact) mass is 236 g/mol. The molecule has 7 heteroatoms. The fourth-order valence-corrected chi connectivity index (χ4v) is 1.48. The van der Waals surface area contributed by atoms with Crippen molar-refractivity contribution in [2.45, 2.75) is 13.3 Å². The highest BCUT2D eigenvalue weighted by Crippen LogP contribution is 2.18. The van der Waals surface area contributed by atoms with Crippen LogP contribution in [0.4, 0.5) is 11.8 Å². The van der Waals surface area contributed by atoms with Crippen LogP contribution in [0.1, 0.15) is 13.3 Å². The minimum atomic E-state index is 0.157. The molecule has 4 N–H and O–H groups in total. The van der Waals surface area contributed by atoms with Gasteiger partial charge in [0.25, 0.3) is 0 Å². The Morgan fingerprint density at radius 1 is 1.35 bits per heavy atom. The number of hydrogen-bond acceptors (Lipinski definition) is 6. The number of rotatable bonds is 6. The van der Waals surface area contributed by atoms with E-state index < -0.39 is 0 Å². The third-order valence-corrected chi connectivity index (χ3v) is 2.25. The Labute approximate surface area is 98.7 Å². The summed E-state index contributed by atoms with van der Waals surface area (Å²) in [5, 5.41) is 15.0. The molecule has 0 spiro atoms. The average molecular weight is 236 g/mol. The molecule has 17 heavy (non-hydrogen) atoms. The summed E-state index contributed by atoms with van der Waals surface area (Å²) in [5.74, 6) is 1.26.